The lowest BCUT2D eigenvalue weighted by molar-refractivity contribution is -0.144. The quantitative estimate of drug-likeness (QED) is 0.822. The third-order valence-corrected chi connectivity index (χ3v) is 6.30. The van der Waals surface area contributed by atoms with Gasteiger partial charge in [0.15, 0.2) is 0 Å². The van der Waals surface area contributed by atoms with Gasteiger partial charge in [-0.05, 0) is 43.4 Å². The standard InChI is InChI=1S/C19H22Cl2N2O4/c20-14-2-1-12(16(21)7-14)10-26-15-3-5-23(6-4-15)17(24)13-8-19(9-13)11-27-18(25)22-19/h1-2,7,13,15H,3-6,8-11H2,(H,22,25). The van der Waals surface area contributed by atoms with Crippen molar-refractivity contribution in [2.45, 2.75) is 43.9 Å². The topological polar surface area (TPSA) is 67.9 Å². The molecule has 4 rings (SSSR count). The van der Waals surface area contributed by atoms with Crippen LogP contribution >= 0.6 is 23.2 Å². The van der Waals surface area contributed by atoms with Crippen molar-refractivity contribution in [3.63, 3.8) is 0 Å². The molecule has 1 aromatic carbocycles. The fraction of sp³-hybridized carbons (Fsp3) is 0.579. The number of carbonyl (C=O) groups is 2. The molecule has 2 heterocycles. The van der Waals surface area contributed by atoms with Gasteiger partial charge in [0.25, 0.3) is 0 Å². The van der Waals surface area contributed by atoms with Gasteiger partial charge in [0.2, 0.25) is 5.91 Å². The Kier molecular flexibility index (Phi) is 5.23. The lowest BCUT2D eigenvalue weighted by Gasteiger charge is -2.44. The van der Waals surface area contributed by atoms with Gasteiger partial charge >= 0.3 is 6.09 Å². The molecule has 2 aliphatic heterocycles. The maximum absolute atomic E-state index is 12.7. The number of cyclic esters (lactones) is 1. The molecule has 1 aliphatic carbocycles. The summed E-state index contributed by atoms with van der Waals surface area (Å²) in [5, 5.41) is 4.05. The molecule has 0 atom stereocenters. The number of hydrogen-bond acceptors (Lipinski definition) is 4. The van der Waals surface area contributed by atoms with Crippen LogP contribution in [0, 0.1) is 5.92 Å². The van der Waals surface area contributed by atoms with Crippen molar-refractivity contribution in [2.75, 3.05) is 19.7 Å². The van der Waals surface area contributed by atoms with Gasteiger partial charge in [-0.25, -0.2) is 4.79 Å². The van der Waals surface area contributed by atoms with Crippen LogP contribution in [0.4, 0.5) is 4.79 Å². The second-order valence-electron chi connectivity index (χ2n) is 7.66. The number of piperidine rings is 1. The Morgan fingerprint density at radius 2 is 2.04 bits per heavy atom. The Labute approximate surface area is 168 Å². The van der Waals surface area contributed by atoms with Crippen LogP contribution in [0.5, 0.6) is 0 Å². The molecule has 0 aromatic heterocycles. The van der Waals surface area contributed by atoms with Gasteiger partial charge in [0.1, 0.15) is 6.61 Å². The summed E-state index contributed by atoms with van der Waals surface area (Å²) in [5.41, 5.74) is 0.608. The van der Waals surface area contributed by atoms with Gasteiger partial charge in [-0.3, -0.25) is 4.79 Å². The predicted octanol–water partition coefficient (Wildman–Crippen LogP) is 3.39. The van der Waals surface area contributed by atoms with Gasteiger partial charge in [-0.15, -0.1) is 0 Å². The molecule has 3 aliphatic rings. The van der Waals surface area contributed by atoms with E-state index in [2.05, 4.69) is 5.32 Å². The molecule has 1 aromatic rings. The fourth-order valence-electron chi connectivity index (χ4n) is 4.12. The van der Waals surface area contributed by atoms with Crippen molar-refractivity contribution in [1.29, 1.82) is 0 Å². The summed E-state index contributed by atoms with van der Waals surface area (Å²) < 4.78 is 10.9. The number of carbonyl (C=O) groups excluding carboxylic acids is 2. The smallest absolute Gasteiger partial charge is 0.407 e. The second kappa shape index (κ2) is 7.49. The first-order chi connectivity index (χ1) is 12.9. The van der Waals surface area contributed by atoms with Crippen LogP contribution in [0.3, 0.4) is 0 Å². The number of hydrogen-bond donors (Lipinski definition) is 1. The zero-order chi connectivity index (χ0) is 19.0. The summed E-state index contributed by atoms with van der Waals surface area (Å²) in [4.78, 5) is 25.8. The molecule has 1 N–H and O–H groups in total. The number of rotatable bonds is 4. The van der Waals surface area contributed by atoms with Crippen molar-refractivity contribution in [1.82, 2.24) is 10.2 Å². The number of benzene rings is 1. The Balaban J connectivity index is 1.21. The van der Waals surface area contributed by atoms with Crippen LogP contribution < -0.4 is 5.32 Å². The highest BCUT2D eigenvalue weighted by Crippen LogP contribution is 2.41. The van der Waals surface area contributed by atoms with Gasteiger partial charge in [0, 0.05) is 29.1 Å². The highest BCUT2D eigenvalue weighted by molar-refractivity contribution is 6.35. The van der Waals surface area contributed by atoms with Gasteiger partial charge in [-0.2, -0.15) is 0 Å². The first-order valence-corrected chi connectivity index (χ1v) is 9.99. The minimum Gasteiger partial charge on any atom is -0.447 e. The summed E-state index contributed by atoms with van der Waals surface area (Å²) in [5.74, 6) is 0.165. The summed E-state index contributed by atoms with van der Waals surface area (Å²) in [6.07, 6.45) is 2.71. The molecular weight excluding hydrogens is 391 g/mol. The molecule has 6 nitrogen and oxygen atoms in total. The summed E-state index contributed by atoms with van der Waals surface area (Å²) >= 11 is 12.1. The van der Waals surface area contributed by atoms with Gasteiger partial charge in [0.05, 0.1) is 18.2 Å². The molecule has 2 amide bonds. The lowest BCUT2D eigenvalue weighted by Crippen LogP contribution is -2.58. The molecule has 2 saturated heterocycles. The number of alkyl carbamates (subject to hydrolysis) is 1. The highest BCUT2D eigenvalue weighted by atomic mass is 35.5. The minimum atomic E-state index is -0.375. The Morgan fingerprint density at radius 3 is 2.67 bits per heavy atom. The van der Waals surface area contributed by atoms with Crippen molar-refractivity contribution in [3.8, 4) is 0 Å². The van der Waals surface area contributed by atoms with E-state index < -0.39 is 0 Å². The van der Waals surface area contributed by atoms with Gasteiger partial charge < -0.3 is 19.7 Å². The van der Waals surface area contributed by atoms with E-state index in [1.807, 2.05) is 11.0 Å². The summed E-state index contributed by atoms with van der Waals surface area (Å²) in [6, 6.07) is 5.39. The van der Waals surface area contributed by atoms with E-state index in [0.29, 0.717) is 49.2 Å². The van der Waals surface area contributed by atoms with Crippen molar-refractivity contribution < 1.29 is 19.1 Å². The van der Waals surface area contributed by atoms with Crippen LogP contribution in [0.1, 0.15) is 31.2 Å². The number of ether oxygens (including phenoxy) is 2. The molecule has 0 bridgehead atoms. The van der Waals surface area contributed by atoms with Gasteiger partial charge in [-0.1, -0.05) is 29.3 Å². The zero-order valence-electron chi connectivity index (χ0n) is 14.9. The van der Waals surface area contributed by atoms with Crippen LogP contribution in [0.25, 0.3) is 0 Å². The second-order valence-corrected chi connectivity index (χ2v) is 8.50. The van der Waals surface area contributed by atoms with E-state index in [1.54, 1.807) is 12.1 Å². The number of nitrogens with one attached hydrogen (secondary N) is 1. The number of nitrogens with zero attached hydrogens (tertiary/aromatic N) is 1. The maximum atomic E-state index is 12.7. The average molecular weight is 413 g/mol. The molecule has 27 heavy (non-hydrogen) atoms. The minimum absolute atomic E-state index is 0.0163. The van der Waals surface area contributed by atoms with E-state index in [-0.39, 0.29) is 29.6 Å². The summed E-state index contributed by atoms with van der Waals surface area (Å²) in [6.45, 7) is 2.21. The van der Waals surface area contributed by atoms with Crippen LogP contribution in [-0.2, 0) is 20.9 Å². The number of likely N-dealkylation sites (tertiary alicyclic amines) is 1. The average Bonchev–Trinajstić information content (AvgIpc) is 3.02. The van der Waals surface area contributed by atoms with Crippen LogP contribution in [-0.4, -0.2) is 48.2 Å². The third kappa shape index (κ3) is 4.03. The number of halogens is 2. The normalized spacial score (nSPS) is 28.0. The lowest BCUT2D eigenvalue weighted by atomic mass is 9.68. The van der Waals surface area contributed by atoms with E-state index in [0.717, 1.165) is 18.4 Å². The Morgan fingerprint density at radius 1 is 1.30 bits per heavy atom. The SMILES string of the molecule is O=C1NC2(CO1)CC(C(=O)N1CCC(OCc3ccc(Cl)cc3Cl)CC1)C2. The van der Waals surface area contributed by atoms with E-state index in [9.17, 15) is 9.59 Å². The van der Waals surface area contributed by atoms with E-state index in [1.165, 1.54) is 0 Å². The monoisotopic (exact) mass is 412 g/mol. The molecule has 3 fully saturated rings. The van der Waals surface area contributed by atoms with Crippen LogP contribution in [0.2, 0.25) is 10.0 Å². The molecule has 0 unspecified atom stereocenters. The van der Waals surface area contributed by atoms with E-state index in [4.69, 9.17) is 32.7 Å². The third-order valence-electron chi connectivity index (χ3n) is 5.71. The Bertz CT molecular complexity index is 743. The molecule has 146 valence electrons. The first kappa shape index (κ1) is 18.8. The van der Waals surface area contributed by atoms with Crippen molar-refractivity contribution >= 4 is 35.2 Å². The molecule has 0 radical (unpaired) electrons. The highest BCUT2D eigenvalue weighted by Gasteiger charge is 2.53. The molecule has 1 saturated carbocycles. The molecule has 1 spiro atoms. The Hall–Kier alpha value is -1.50. The predicted molar refractivity (Wildman–Crippen MR) is 101 cm³/mol. The van der Waals surface area contributed by atoms with Crippen LogP contribution in [0.15, 0.2) is 18.2 Å². The largest absolute Gasteiger partial charge is 0.447 e. The maximum Gasteiger partial charge on any atom is 0.407 e. The number of amides is 2. The van der Waals surface area contributed by atoms with Crippen molar-refractivity contribution in [2.24, 2.45) is 5.92 Å². The molecule has 8 heteroatoms. The fourth-order valence-corrected chi connectivity index (χ4v) is 4.58. The summed E-state index contributed by atoms with van der Waals surface area (Å²) in [7, 11) is 0. The first-order valence-electron chi connectivity index (χ1n) is 9.23. The molecular formula is C19H22Cl2N2O4. The van der Waals surface area contributed by atoms with Crippen molar-refractivity contribution in [3.05, 3.63) is 33.8 Å². The van der Waals surface area contributed by atoms with E-state index >= 15 is 0 Å². The zero-order valence-corrected chi connectivity index (χ0v) is 16.4.